The predicted molar refractivity (Wildman–Crippen MR) is 75.0 cm³/mol. The molecule has 0 aliphatic rings. The van der Waals surface area contributed by atoms with Crippen LogP contribution >= 0.6 is 0 Å². The maximum atomic E-state index is 11.7. The number of nitrogens with zero attached hydrogens (tertiary/aromatic N) is 2. The zero-order valence-electron chi connectivity index (χ0n) is 12.3. The number of hydrogen-bond donors (Lipinski definition) is 1. The molecular weight excluding hydrogens is 242 g/mol. The molecular formula is C14H23N3O2. The number of rotatable bonds is 6. The van der Waals surface area contributed by atoms with Crippen molar-refractivity contribution >= 4 is 5.91 Å². The van der Waals surface area contributed by atoms with Crippen molar-refractivity contribution < 1.29 is 9.53 Å². The third kappa shape index (κ3) is 4.87. The van der Waals surface area contributed by atoms with Crippen LogP contribution in [0.25, 0.3) is 0 Å². The number of nitrogens with one attached hydrogen (secondary N) is 1. The standard InChI is InChI=1S/C14H23N3O2/c1-10(2)19-13-12(7-6-8-15-13)9-16-11(3)14(18)17(4)5/h6-8,10-11,16H,9H2,1-5H3. The van der Waals surface area contributed by atoms with E-state index in [4.69, 9.17) is 4.74 Å². The average molecular weight is 265 g/mol. The SMILES string of the molecule is CC(C)Oc1ncccc1CNC(C)C(=O)N(C)C. The van der Waals surface area contributed by atoms with Crippen molar-refractivity contribution in [2.24, 2.45) is 0 Å². The lowest BCUT2D eigenvalue weighted by Crippen LogP contribution is -2.41. The van der Waals surface area contributed by atoms with Gasteiger partial charge in [0, 0.05) is 32.4 Å². The molecule has 5 heteroatoms. The van der Waals surface area contributed by atoms with Gasteiger partial charge < -0.3 is 15.0 Å². The van der Waals surface area contributed by atoms with Gasteiger partial charge in [0.1, 0.15) is 0 Å². The highest BCUT2D eigenvalue weighted by molar-refractivity contribution is 5.80. The predicted octanol–water partition coefficient (Wildman–Crippen LogP) is 1.44. The van der Waals surface area contributed by atoms with E-state index in [2.05, 4.69) is 10.3 Å². The van der Waals surface area contributed by atoms with Crippen LogP contribution in [0.5, 0.6) is 5.88 Å². The monoisotopic (exact) mass is 265 g/mol. The second-order valence-electron chi connectivity index (χ2n) is 4.97. The van der Waals surface area contributed by atoms with E-state index >= 15 is 0 Å². The van der Waals surface area contributed by atoms with Gasteiger partial charge in [0.15, 0.2) is 0 Å². The molecule has 0 radical (unpaired) electrons. The summed E-state index contributed by atoms with van der Waals surface area (Å²) in [5.74, 6) is 0.671. The summed E-state index contributed by atoms with van der Waals surface area (Å²) in [5.41, 5.74) is 0.953. The van der Waals surface area contributed by atoms with E-state index in [0.29, 0.717) is 12.4 Å². The Hall–Kier alpha value is -1.62. The molecule has 1 aromatic heterocycles. The molecule has 1 aromatic rings. The Labute approximate surface area is 115 Å². The second kappa shape index (κ2) is 7.09. The Morgan fingerprint density at radius 1 is 1.42 bits per heavy atom. The summed E-state index contributed by atoms with van der Waals surface area (Å²) in [6, 6.07) is 3.58. The maximum Gasteiger partial charge on any atom is 0.238 e. The molecule has 1 heterocycles. The van der Waals surface area contributed by atoms with Crippen LogP contribution in [0.4, 0.5) is 0 Å². The molecule has 0 aromatic carbocycles. The number of pyridine rings is 1. The highest BCUT2D eigenvalue weighted by Crippen LogP contribution is 2.15. The van der Waals surface area contributed by atoms with Gasteiger partial charge in [-0.25, -0.2) is 4.98 Å². The van der Waals surface area contributed by atoms with Crippen molar-refractivity contribution in [3.8, 4) is 5.88 Å². The first-order valence-corrected chi connectivity index (χ1v) is 6.47. The van der Waals surface area contributed by atoms with Crippen LogP contribution in [0.15, 0.2) is 18.3 Å². The van der Waals surface area contributed by atoms with E-state index < -0.39 is 0 Å². The van der Waals surface area contributed by atoms with E-state index in [-0.39, 0.29) is 18.1 Å². The number of aromatic nitrogens is 1. The first kappa shape index (κ1) is 15.4. The third-order valence-electron chi connectivity index (χ3n) is 2.61. The maximum absolute atomic E-state index is 11.7. The fourth-order valence-electron chi connectivity index (χ4n) is 1.63. The van der Waals surface area contributed by atoms with Gasteiger partial charge in [-0.3, -0.25) is 4.79 Å². The Bertz CT molecular complexity index is 419. The fourth-order valence-corrected chi connectivity index (χ4v) is 1.63. The number of likely N-dealkylation sites (N-methyl/N-ethyl adjacent to an activating group) is 1. The molecule has 0 aliphatic heterocycles. The normalized spacial score (nSPS) is 12.3. The minimum absolute atomic E-state index is 0.0511. The molecule has 19 heavy (non-hydrogen) atoms. The number of ether oxygens (including phenoxy) is 1. The highest BCUT2D eigenvalue weighted by atomic mass is 16.5. The van der Waals surface area contributed by atoms with E-state index in [9.17, 15) is 4.79 Å². The summed E-state index contributed by atoms with van der Waals surface area (Å²) in [6.07, 6.45) is 1.78. The van der Waals surface area contributed by atoms with Gasteiger partial charge in [-0.05, 0) is 26.8 Å². The van der Waals surface area contributed by atoms with Crippen LogP contribution in [-0.4, -0.2) is 42.0 Å². The van der Waals surface area contributed by atoms with Crippen LogP contribution in [0.3, 0.4) is 0 Å². The van der Waals surface area contributed by atoms with Crippen molar-refractivity contribution in [3.63, 3.8) is 0 Å². The average Bonchev–Trinajstić information content (AvgIpc) is 2.35. The molecule has 1 unspecified atom stereocenters. The minimum Gasteiger partial charge on any atom is -0.475 e. The molecule has 106 valence electrons. The van der Waals surface area contributed by atoms with Gasteiger partial charge in [-0.15, -0.1) is 0 Å². The number of amides is 1. The summed E-state index contributed by atoms with van der Waals surface area (Å²) >= 11 is 0. The summed E-state index contributed by atoms with van der Waals surface area (Å²) in [5, 5.41) is 3.18. The molecule has 1 amide bonds. The molecule has 0 bridgehead atoms. The summed E-state index contributed by atoms with van der Waals surface area (Å²) in [6.45, 7) is 6.33. The molecule has 1 N–H and O–H groups in total. The Kier molecular flexibility index (Phi) is 5.76. The van der Waals surface area contributed by atoms with Crippen LogP contribution in [0.2, 0.25) is 0 Å². The zero-order valence-corrected chi connectivity index (χ0v) is 12.3. The van der Waals surface area contributed by atoms with Gasteiger partial charge in [0.05, 0.1) is 12.1 Å². The van der Waals surface area contributed by atoms with Gasteiger partial charge in [-0.1, -0.05) is 6.07 Å². The Balaban J connectivity index is 2.65. The minimum atomic E-state index is -0.234. The lowest BCUT2D eigenvalue weighted by atomic mass is 10.2. The Morgan fingerprint density at radius 3 is 2.68 bits per heavy atom. The number of carbonyl (C=O) groups excluding carboxylic acids is 1. The van der Waals surface area contributed by atoms with E-state index in [1.807, 2.05) is 32.9 Å². The van der Waals surface area contributed by atoms with Crippen molar-refractivity contribution in [1.29, 1.82) is 0 Å². The smallest absolute Gasteiger partial charge is 0.238 e. The summed E-state index contributed by atoms with van der Waals surface area (Å²) in [4.78, 5) is 17.5. The molecule has 1 atom stereocenters. The van der Waals surface area contributed by atoms with Crippen LogP contribution in [0.1, 0.15) is 26.3 Å². The van der Waals surface area contributed by atoms with Crippen molar-refractivity contribution in [1.82, 2.24) is 15.2 Å². The first-order valence-electron chi connectivity index (χ1n) is 6.47. The van der Waals surface area contributed by atoms with Crippen LogP contribution < -0.4 is 10.1 Å². The second-order valence-corrected chi connectivity index (χ2v) is 4.97. The molecule has 0 fully saturated rings. The topological polar surface area (TPSA) is 54.5 Å². The van der Waals surface area contributed by atoms with Crippen molar-refractivity contribution in [2.75, 3.05) is 14.1 Å². The van der Waals surface area contributed by atoms with Gasteiger partial charge in [0.25, 0.3) is 0 Å². The molecule has 5 nitrogen and oxygen atoms in total. The zero-order chi connectivity index (χ0) is 14.4. The Morgan fingerprint density at radius 2 is 2.11 bits per heavy atom. The van der Waals surface area contributed by atoms with Gasteiger partial charge in [-0.2, -0.15) is 0 Å². The van der Waals surface area contributed by atoms with Crippen LogP contribution in [0, 0.1) is 0 Å². The molecule has 0 spiro atoms. The molecule has 0 aliphatic carbocycles. The number of hydrogen-bond acceptors (Lipinski definition) is 4. The van der Waals surface area contributed by atoms with Crippen molar-refractivity contribution in [2.45, 2.75) is 39.5 Å². The quantitative estimate of drug-likeness (QED) is 0.845. The molecule has 1 rings (SSSR count). The third-order valence-corrected chi connectivity index (χ3v) is 2.61. The lowest BCUT2D eigenvalue weighted by molar-refractivity contribution is -0.130. The lowest BCUT2D eigenvalue weighted by Gasteiger charge is -2.19. The van der Waals surface area contributed by atoms with Crippen LogP contribution in [-0.2, 0) is 11.3 Å². The molecule has 0 saturated heterocycles. The summed E-state index contributed by atoms with van der Waals surface area (Å²) < 4.78 is 5.64. The van der Waals surface area contributed by atoms with E-state index in [1.165, 1.54) is 0 Å². The van der Waals surface area contributed by atoms with E-state index in [0.717, 1.165) is 5.56 Å². The van der Waals surface area contributed by atoms with E-state index in [1.54, 1.807) is 25.2 Å². The van der Waals surface area contributed by atoms with Gasteiger partial charge in [0.2, 0.25) is 11.8 Å². The first-order chi connectivity index (χ1) is 8.91. The molecule has 0 saturated carbocycles. The number of carbonyl (C=O) groups is 1. The highest BCUT2D eigenvalue weighted by Gasteiger charge is 2.15. The fraction of sp³-hybridized carbons (Fsp3) is 0.571. The summed E-state index contributed by atoms with van der Waals surface area (Å²) in [7, 11) is 3.50. The largest absolute Gasteiger partial charge is 0.475 e. The van der Waals surface area contributed by atoms with Crippen molar-refractivity contribution in [3.05, 3.63) is 23.9 Å². The van der Waals surface area contributed by atoms with Gasteiger partial charge >= 0.3 is 0 Å².